The summed E-state index contributed by atoms with van der Waals surface area (Å²) in [5, 5.41) is 0. The fourth-order valence-corrected chi connectivity index (χ4v) is 4.50. The SMILES string of the molecule is CC(CS(C)=O)N(C)S(=O)(=O)c1ccc2c(c1)oc(=O)n2C. The van der Waals surface area contributed by atoms with Crippen LogP contribution in [0.25, 0.3) is 11.1 Å². The van der Waals surface area contributed by atoms with E-state index in [1.807, 2.05) is 0 Å². The number of sulfonamides is 1. The van der Waals surface area contributed by atoms with Gasteiger partial charge in [0.1, 0.15) is 0 Å². The van der Waals surface area contributed by atoms with Crippen LogP contribution in [0.1, 0.15) is 6.92 Å². The van der Waals surface area contributed by atoms with Crippen molar-refractivity contribution in [2.24, 2.45) is 7.05 Å². The van der Waals surface area contributed by atoms with Crippen molar-refractivity contribution < 1.29 is 17.0 Å². The first-order valence-corrected chi connectivity index (χ1v) is 9.69. The number of aromatic nitrogens is 1. The Morgan fingerprint density at radius 2 is 2.05 bits per heavy atom. The van der Waals surface area contributed by atoms with Gasteiger partial charge in [0.05, 0.1) is 10.4 Å². The zero-order valence-corrected chi connectivity index (χ0v) is 14.4. The first kappa shape index (κ1) is 16.9. The molecule has 2 rings (SSSR count). The fraction of sp³-hybridized carbons (Fsp3) is 0.462. The topological polar surface area (TPSA) is 89.6 Å². The predicted molar refractivity (Wildman–Crippen MR) is 84.8 cm³/mol. The summed E-state index contributed by atoms with van der Waals surface area (Å²) in [6.07, 6.45) is 1.53. The summed E-state index contributed by atoms with van der Waals surface area (Å²) in [5.41, 5.74) is 0.739. The average molecular weight is 346 g/mol. The Hall–Kier alpha value is -1.45. The van der Waals surface area contributed by atoms with E-state index < -0.39 is 32.6 Å². The minimum Gasteiger partial charge on any atom is -0.408 e. The highest BCUT2D eigenvalue weighted by atomic mass is 32.2. The van der Waals surface area contributed by atoms with E-state index in [2.05, 4.69) is 0 Å². The molecule has 0 fully saturated rings. The molecular formula is C13H18N2O5S2. The van der Waals surface area contributed by atoms with Crippen LogP contribution >= 0.6 is 0 Å². The maximum Gasteiger partial charge on any atom is 0.419 e. The number of fused-ring (bicyclic) bond motifs is 1. The van der Waals surface area contributed by atoms with E-state index >= 15 is 0 Å². The standard InChI is InChI=1S/C13H18N2O5S2/c1-9(8-21(4)17)15(3)22(18,19)10-5-6-11-12(7-10)20-13(16)14(11)2/h5-7,9H,8H2,1-4H3. The van der Waals surface area contributed by atoms with Crippen molar-refractivity contribution >= 4 is 31.9 Å². The van der Waals surface area contributed by atoms with E-state index in [-0.39, 0.29) is 16.2 Å². The van der Waals surface area contributed by atoms with E-state index in [0.29, 0.717) is 5.52 Å². The van der Waals surface area contributed by atoms with Gasteiger partial charge in [-0.05, 0) is 19.1 Å². The van der Waals surface area contributed by atoms with Gasteiger partial charge in [0, 0.05) is 49.0 Å². The number of aryl methyl sites for hydroxylation is 1. The molecule has 1 heterocycles. The molecule has 1 aromatic carbocycles. The van der Waals surface area contributed by atoms with Crippen LogP contribution in [0, 0.1) is 0 Å². The van der Waals surface area contributed by atoms with Crippen molar-refractivity contribution in [2.45, 2.75) is 17.9 Å². The van der Waals surface area contributed by atoms with Crippen LogP contribution < -0.4 is 5.76 Å². The van der Waals surface area contributed by atoms with Crippen molar-refractivity contribution in [2.75, 3.05) is 19.1 Å². The third-order valence-corrected chi connectivity index (χ3v) is 6.46. The molecule has 0 bridgehead atoms. The van der Waals surface area contributed by atoms with Gasteiger partial charge in [-0.1, -0.05) is 0 Å². The molecule has 7 nitrogen and oxygen atoms in total. The minimum atomic E-state index is -3.75. The Labute approximate surface area is 131 Å². The summed E-state index contributed by atoms with van der Waals surface area (Å²) < 4.78 is 44.0. The van der Waals surface area contributed by atoms with Crippen LogP contribution in [-0.2, 0) is 27.9 Å². The van der Waals surface area contributed by atoms with Crippen molar-refractivity contribution in [3.8, 4) is 0 Å². The van der Waals surface area contributed by atoms with E-state index in [9.17, 15) is 17.4 Å². The summed E-state index contributed by atoms with van der Waals surface area (Å²) in [4.78, 5) is 11.5. The lowest BCUT2D eigenvalue weighted by molar-refractivity contribution is 0.413. The second-order valence-corrected chi connectivity index (χ2v) is 8.64. The monoisotopic (exact) mass is 346 g/mol. The average Bonchev–Trinajstić information content (AvgIpc) is 2.72. The highest BCUT2D eigenvalue weighted by Gasteiger charge is 2.26. The van der Waals surface area contributed by atoms with E-state index in [0.717, 1.165) is 0 Å². The number of oxazole rings is 1. The molecule has 0 aliphatic carbocycles. The fourth-order valence-electron chi connectivity index (χ4n) is 2.12. The summed E-state index contributed by atoms with van der Waals surface area (Å²) in [5.74, 6) is -0.300. The van der Waals surface area contributed by atoms with Crippen LogP contribution in [-0.4, -0.2) is 46.6 Å². The number of hydrogen-bond donors (Lipinski definition) is 0. The van der Waals surface area contributed by atoms with Crippen molar-refractivity contribution in [1.82, 2.24) is 8.87 Å². The van der Waals surface area contributed by atoms with Crippen LogP contribution in [0.3, 0.4) is 0 Å². The molecule has 2 atom stereocenters. The lowest BCUT2D eigenvalue weighted by Gasteiger charge is -2.23. The Morgan fingerprint density at radius 1 is 1.41 bits per heavy atom. The van der Waals surface area contributed by atoms with Gasteiger partial charge in [-0.15, -0.1) is 0 Å². The van der Waals surface area contributed by atoms with Gasteiger partial charge in [-0.3, -0.25) is 8.78 Å². The maximum atomic E-state index is 12.6. The van der Waals surface area contributed by atoms with Gasteiger partial charge in [-0.25, -0.2) is 13.2 Å². The Balaban J connectivity index is 2.45. The van der Waals surface area contributed by atoms with E-state index in [4.69, 9.17) is 4.42 Å². The quantitative estimate of drug-likeness (QED) is 0.787. The predicted octanol–water partition coefficient (Wildman–Crippen LogP) is 0.519. The van der Waals surface area contributed by atoms with Gasteiger partial charge < -0.3 is 4.42 Å². The molecular weight excluding hydrogens is 328 g/mol. The van der Waals surface area contributed by atoms with Gasteiger partial charge in [-0.2, -0.15) is 4.31 Å². The normalized spacial score (nSPS) is 15.3. The first-order valence-electron chi connectivity index (χ1n) is 6.52. The Bertz CT molecular complexity index is 881. The molecule has 2 unspecified atom stereocenters. The van der Waals surface area contributed by atoms with E-state index in [1.54, 1.807) is 14.0 Å². The Kier molecular flexibility index (Phi) is 4.59. The minimum absolute atomic E-state index is 0.0329. The summed E-state index contributed by atoms with van der Waals surface area (Å²) >= 11 is 0. The lowest BCUT2D eigenvalue weighted by atomic mass is 10.3. The number of rotatable bonds is 5. The molecule has 0 saturated heterocycles. The zero-order chi connectivity index (χ0) is 16.7. The molecule has 0 aliphatic heterocycles. The lowest BCUT2D eigenvalue weighted by Crippen LogP contribution is -2.38. The van der Waals surface area contributed by atoms with Crippen LogP contribution in [0.4, 0.5) is 0 Å². The van der Waals surface area contributed by atoms with Gasteiger partial charge in [0.15, 0.2) is 5.58 Å². The van der Waals surface area contributed by atoms with Crippen molar-refractivity contribution in [3.63, 3.8) is 0 Å². The smallest absolute Gasteiger partial charge is 0.408 e. The third-order valence-electron chi connectivity index (χ3n) is 3.54. The molecule has 0 saturated carbocycles. The molecule has 22 heavy (non-hydrogen) atoms. The van der Waals surface area contributed by atoms with Crippen molar-refractivity contribution in [3.05, 3.63) is 28.7 Å². The maximum absolute atomic E-state index is 12.6. The number of benzene rings is 1. The zero-order valence-electron chi connectivity index (χ0n) is 12.8. The van der Waals surface area contributed by atoms with Crippen LogP contribution in [0.5, 0.6) is 0 Å². The second-order valence-electron chi connectivity index (χ2n) is 5.17. The van der Waals surface area contributed by atoms with Gasteiger partial charge in [0.25, 0.3) is 0 Å². The Morgan fingerprint density at radius 3 is 2.64 bits per heavy atom. The molecule has 0 amide bonds. The highest BCUT2D eigenvalue weighted by Crippen LogP contribution is 2.21. The van der Waals surface area contributed by atoms with E-state index in [1.165, 1.54) is 40.4 Å². The molecule has 0 spiro atoms. The second kappa shape index (κ2) is 5.98. The molecule has 0 aliphatic rings. The molecule has 2 aromatic rings. The summed E-state index contributed by atoms with van der Waals surface area (Å²) in [6, 6.07) is 3.88. The molecule has 122 valence electrons. The van der Waals surface area contributed by atoms with Crippen LogP contribution in [0.15, 0.2) is 32.3 Å². The van der Waals surface area contributed by atoms with Crippen molar-refractivity contribution in [1.29, 1.82) is 0 Å². The third kappa shape index (κ3) is 3.01. The highest BCUT2D eigenvalue weighted by molar-refractivity contribution is 7.89. The summed E-state index contributed by atoms with van der Waals surface area (Å²) in [6.45, 7) is 1.69. The number of nitrogens with zero attached hydrogens (tertiary/aromatic N) is 2. The van der Waals surface area contributed by atoms with Gasteiger partial charge in [0.2, 0.25) is 10.0 Å². The largest absolute Gasteiger partial charge is 0.419 e. The molecule has 1 aromatic heterocycles. The first-order chi connectivity index (χ1) is 10.1. The van der Waals surface area contributed by atoms with Crippen LogP contribution in [0.2, 0.25) is 0 Å². The molecule has 0 radical (unpaired) electrons. The van der Waals surface area contributed by atoms with Gasteiger partial charge >= 0.3 is 5.76 Å². The molecule has 9 heteroatoms. The number of hydrogen-bond acceptors (Lipinski definition) is 5. The summed E-state index contributed by atoms with van der Waals surface area (Å²) in [7, 11) is -1.86. The molecule has 0 N–H and O–H groups in total.